The second-order valence-corrected chi connectivity index (χ2v) is 5.28. The standard InChI is InChI=1S/C11H10BrClN2O3/c12-7-2-8(11(17)18)10(14-4-7)15-5-6(3-13)1-9(15)16/h2,4,6H,1,3,5H2,(H,17,18). The van der Waals surface area contributed by atoms with E-state index in [4.69, 9.17) is 16.7 Å². The van der Waals surface area contributed by atoms with Gasteiger partial charge in [0.2, 0.25) is 5.91 Å². The van der Waals surface area contributed by atoms with Crippen LogP contribution in [0.1, 0.15) is 16.8 Å². The number of carboxylic acids is 1. The Kier molecular flexibility index (Phi) is 3.87. The van der Waals surface area contributed by atoms with E-state index in [0.29, 0.717) is 23.3 Å². The molecule has 0 aromatic carbocycles. The van der Waals surface area contributed by atoms with Gasteiger partial charge in [0.05, 0.1) is 0 Å². The highest BCUT2D eigenvalue weighted by molar-refractivity contribution is 9.10. The maximum Gasteiger partial charge on any atom is 0.339 e. The Labute approximate surface area is 117 Å². The van der Waals surface area contributed by atoms with E-state index in [0.717, 1.165) is 0 Å². The Morgan fingerprint density at radius 1 is 1.67 bits per heavy atom. The molecule has 1 unspecified atom stereocenters. The van der Waals surface area contributed by atoms with Crippen molar-refractivity contribution in [3.8, 4) is 0 Å². The van der Waals surface area contributed by atoms with Gasteiger partial charge in [-0.3, -0.25) is 9.69 Å². The van der Waals surface area contributed by atoms with Crippen molar-refractivity contribution in [1.82, 2.24) is 4.98 Å². The van der Waals surface area contributed by atoms with E-state index in [1.165, 1.54) is 17.2 Å². The van der Waals surface area contributed by atoms with E-state index in [9.17, 15) is 9.59 Å². The van der Waals surface area contributed by atoms with Crippen LogP contribution >= 0.6 is 27.5 Å². The molecule has 1 amide bonds. The van der Waals surface area contributed by atoms with Crippen molar-refractivity contribution >= 4 is 45.2 Å². The number of aromatic nitrogens is 1. The smallest absolute Gasteiger partial charge is 0.339 e. The molecule has 1 aromatic heterocycles. The largest absolute Gasteiger partial charge is 0.478 e. The molecule has 0 bridgehead atoms. The summed E-state index contributed by atoms with van der Waals surface area (Å²) >= 11 is 8.89. The number of carbonyl (C=O) groups is 2. The number of pyridine rings is 1. The lowest BCUT2D eigenvalue weighted by Crippen LogP contribution is -2.27. The zero-order valence-corrected chi connectivity index (χ0v) is 11.6. The van der Waals surface area contributed by atoms with Crippen LogP contribution in [-0.2, 0) is 4.79 Å². The summed E-state index contributed by atoms with van der Waals surface area (Å²) < 4.78 is 0.559. The summed E-state index contributed by atoms with van der Waals surface area (Å²) in [6.07, 6.45) is 1.81. The number of nitrogens with zero attached hydrogens (tertiary/aromatic N) is 2. The number of halogens is 2. The van der Waals surface area contributed by atoms with Crippen molar-refractivity contribution < 1.29 is 14.7 Å². The minimum atomic E-state index is -1.11. The highest BCUT2D eigenvalue weighted by Gasteiger charge is 2.33. The van der Waals surface area contributed by atoms with Gasteiger partial charge in [-0.15, -0.1) is 11.6 Å². The lowest BCUT2D eigenvalue weighted by molar-refractivity contribution is -0.117. The number of rotatable bonds is 3. The first-order chi connectivity index (χ1) is 8.52. The topological polar surface area (TPSA) is 70.5 Å². The fourth-order valence-electron chi connectivity index (χ4n) is 1.89. The van der Waals surface area contributed by atoms with Crippen molar-refractivity contribution in [1.29, 1.82) is 0 Å². The Balaban J connectivity index is 2.39. The monoisotopic (exact) mass is 332 g/mol. The average molecular weight is 334 g/mol. The van der Waals surface area contributed by atoms with E-state index < -0.39 is 5.97 Å². The summed E-state index contributed by atoms with van der Waals surface area (Å²) in [5, 5.41) is 9.13. The molecular weight excluding hydrogens is 323 g/mol. The van der Waals surface area contributed by atoms with Crippen LogP contribution in [0.2, 0.25) is 0 Å². The van der Waals surface area contributed by atoms with E-state index in [-0.39, 0.29) is 23.2 Å². The van der Waals surface area contributed by atoms with Crippen LogP contribution in [0.4, 0.5) is 5.82 Å². The molecule has 0 saturated carbocycles. The third-order valence-electron chi connectivity index (χ3n) is 2.74. The predicted molar refractivity (Wildman–Crippen MR) is 70.1 cm³/mol. The van der Waals surface area contributed by atoms with Crippen LogP contribution < -0.4 is 4.90 Å². The summed E-state index contributed by atoms with van der Waals surface area (Å²) in [6.45, 7) is 0.414. The molecule has 1 atom stereocenters. The van der Waals surface area contributed by atoms with Crippen molar-refractivity contribution in [2.24, 2.45) is 5.92 Å². The molecular formula is C11H10BrClN2O3. The van der Waals surface area contributed by atoms with E-state index in [1.807, 2.05) is 0 Å². The zero-order valence-electron chi connectivity index (χ0n) is 9.27. The molecule has 1 N–H and O–H groups in total. The van der Waals surface area contributed by atoms with Crippen LogP contribution in [0.5, 0.6) is 0 Å². The molecule has 1 fully saturated rings. The highest BCUT2D eigenvalue weighted by Crippen LogP contribution is 2.28. The molecule has 2 heterocycles. The van der Waals surface area contributed by atoms with E-state index in [1.54, 1.807) is 0 Å². The maximum atomic E-state index is 11.8. The van der Waals surface area contributed by atoms with Gasteiger partial charge in [-0.1, -0.05) is 0 Å². The zero-order chi connectivity index (χ0) is 13.3. The summed E-state index contributed by atoms with van der Waals surface area (Å²) in [5.41, 5.74) is 0.00736. The van der Waals surface area contributed by atoms with Gasteiger partial charge in [-0.05, 0) is 27.9 Å². The fraction of sp³-hybridized carbons (Fsp3) is 0.364. The van der Waals surface area contributed by atoms with Crippen LogP contribution in [0, 0.1) is 5.92 Å². The molecule has 1 aromatic rings. The first-order valence-corrected chi connectivity index (χ1v) is 6.61. The van der Waals surface area contributed by atoms with E-state index >= 15 is 0 Å². The summed E-state index contributed by atoms with van der Waals surface area (Å²) in [4.78, 5) is 28.4. The summed E-state index contributed by atoms with van der Waals surface area (Å²) in [6, 6.07) is 1.44. The number of carbonyl (C=O) groups excluding carboxylic acids is 1. The molecule has 1 aliphatic rings. The fourth-order valence-corrected chi connectivity index (χ4v) is 2.43. The Hall–Kier alpha value is -1.14. The number of anilines is 1. The second-order valence-electron chi connectivity index (χ2n) is 4.06. The normalized spacial score (nSPS) is 19.3. The SMILES string of the molecule is O=C(O)c1cc(Br)cnc1N1CC(CCl)CC1=O. The minimum absolute atomic E-state index is 0.00736. The van der Waals surface area contributed by atoms with Crippen LogP contribution in [0.25, 0.3) is 0 Å². The lowest BCUT2D eigenvalue weighted by Gasteiger charge is -2.17. The van der Waals surface area contributed by atoms with Crippen molar-refractivity contribution in [2.75, 3.05) is 17.3 Å². The average Bonchev–Trinajstić information content (AvgIpc) is 2.70. The predicted octanol–water partition coefficient (Wildman–Crippen LogP) is 2.13. The third-order valence-corrected chi connectivity index (χ3v) is 3.61. The molecule has 1 saturated heterocycles. The third kappa shape index (κ3) is 2.49. The van der Waals surface area contributed by atoms with Crippen molar-refractivity contribution in [2.45, 2.75) is 6.42 Å². The van der Waals surface area contributed by atoms with Gasteiger partial charge in [0.15, 0.2) is 0 Å². The van der Waals surface area contributed by atoms with Gasteiger partial charge in [0.25, 0.3) is 0 Å². The van der Waals surface area contributed by atoms with Gasteiger partial charge in [-0.2, -0.15) is 0 Å². The number of hydrogen-bond acceptors (Lipinski definition) is 3. The Morgan fingerprint density at radius 2 is 2.39 bits per heavy atom. The highest BCUT2D eigenvalue weighted by atomic mass is 79.9. The molecule has 18 heavy (non-hydrogen) atoms. The first-order valence-electron chi connectivity index (χ1n) is 5.28. The lowest BCUT2D eigenvalue weighted by atomic mass is 10.1. The Morgan fingerprint density at radius 3 is 2.94 bits per heavy atom. The molecule has 1 aliphatic heterocycles. The molecule has 2 rings (SSSR count). The van der Waals surface area contributed by atoms with Gasteiger partial charge in [0.1, 0.15) is 11.4 Å². The number of hydrogen-bond donors (Lipinski definition) is 1. The molecule has 7 heteroatoms. The molecule has 0 radical (unpaired) electrons. The van der Waals surface area contributed by atoms with Gasteiger partial charge in [0, 0.05) is 29.5 Å². The number of alkyl halides is 1. The van der Waals surface area contributed by atoms with Crippen LogP contribution in [0.15, 0.2) is 16.7 Å². The molecule has 0 spiro atoms. The van der Waals surface area contributed by atoms with Crippen molar-refractivity contribution in [3.05, 3.63) is 22.3 Å². The Bertz CT molecular complexity index is 509. The van der Waals surface area contributed by atoms with Crippen molar-refractivity contribution in [3.63, 3.8) is 0 Å². The number of aromatic carboxylic acids is 1. The minimum Gasteiger partial charge on any atom is -0.478 e. The summed E-state index contributed by atoms with van der Waals surface area (Å²) in [5.74, 6) is -0.644. The second kappa shape index (κ2) is 5.24. The molecule has 96 valence electrons. The number of carboxylic acid groups (broad SMARTS) is 1. The van der Waals surface area contributed by atoms with Gasteiger partial charge < -0.3 is 5.11 Å². The van der Waals surface area contributed by atoms with Crippen LogP contribution in [-0.4, -0.2) is 34.4 Å². The van der Waals surface area contributed by atoms with Gasteiger partial charge >= 0.3 is 5.97 Å². The first kappa shape index (κ1) is 13.3. The number of amides is 1. The quantitative estimate of drug-likeness (QED) is 0.860. The molecule has 5 nitrogen and oxygen atoms in total. The van der Waals surface area contributed by atoms with Crippen LogP contribution in [0.3, 0.4) is 0 Å². The van der Waals surface area contributed by atoms with Gasteiger partial charge in [-0.25, -0.2) is 9.78 Å². The molecule has 0 aliphatic carbocycles. The maximum absolute atomic E-state index is 11.8. The summed E-state index contributed by atoms with van der Waals surface area (Å²) in [7, 11) is 0. The van der Waals surface area contributed by atoms with E-state index in [2.05, 4.69) is 20.9 Å².